The van der Waals surface area contributed by atoms with E-state index in [2.05, 4.69) is 10.3 Å². The average molecular weight is 320 g/mol. The Morgan fingerprint density at radius 2 is 1.87 bits per heavy atom. The van der Waals surface area contributed by atoms with Crippen molar-refractivity contribution in [1.29, 1.82) is 0 Å². The van der Waals surface area contributed by atoms with Crippen LogP contribution in [-0.4, -0.2) is 27.1 Å². The number of rotatable bonds is 2. The summed E-state index contributed by atoms with van der Waals surface area (Å²) in [6.07, 6.45) is 0. The molecule has 1 aliphatic rings. The first-order valence-electron chi connectivity index (χ1n) is 7.27. The molecule has 3 rings (SSSR count). The minimum absolute atomic E-state index is 0.277. The first-order chi connectivity index (χ1) is 10.8. The number of hydrogen-bond acceptors (Lipinski definition) is 2. The third-order valence-electron chi connectivity index (χ3n) is 3.71. The van der Waals surface area contributed by atoms with Crippen molar-refractivity contribution in [3.05, 3.63) is 64.7 Å². The molecule has 0 spiro atoms. The molecule has 3 nitrogen and oxygen atoms in total. The average Bonchev–Trinajstić information content (AvgIpc) is 2.47. The second-order valence-corrected chi connectivity index (χ2v) is 6.40. The van der Waals surface area contributed by atoms with Crippen LogP contribution < -0.4 is 5.32 Å². The Morgan fingerprint density at radius 3 is 2.52 bits per heavy atom. The van der Waals surface area contributed by atoms with E-state index in [1.54, 1.807) is 6.92 Å². The van der Waals surface area contributed by atoms with E-state index in [4.69, 9.17) is 32.0 Å². The number of anilines is 1. The highest BCUT2D eigenvalue weighted by atomic mass is 35.5. The summed E-state index contributed by atoms with van der Waals surface area (Å²) in [5.41, 5.74) is 2.01. The summed E-state index contributed by atoms with van der Waals surface area (Å²) >= 11 is 6.18. The quantitative estimate of drug-likeness (QED) is 0.860. The number of fused-ring (bicyclic) bond motifs is 1. The zero-order valence-electron chi connectivity index (χ0n) is 13.0. The number of nitrogens with zero attached hydrogens (tertiary/aromatic N) is 1. The molecular weight excluding hydrogens is 305 g/mol. The molecule has 4 radical (unpaired) electrons. The molecule has 1 unspecified atom stereocenters. The van der Waals surface area contributed by atoms with E-state index in [-0.39, 0.29) is 6.02 Å². The van der Waals surface area contributed by atoms with E-state index in [1.165, 1.54) is 0 Å². The highest BCUT2D eigenvalue weighted by Crippen LogP contribution is 2.42. The fourth-order valence-electron chi connectivity index (χ4n) is 2.65. The maximum Gasteiger partial charge on any atom is 0.289 e. The van der Waals surface area contributed by atoms with Gasteiger partial charge >= 0.3 is 0 Å². The lowest BCUT2D eigenvalue weighted by Gasteiger charge is -2.38. The van der Waals surface area contributed by atoms with E-state index in [9.17, 15) is 0 Å². The Morgan fingerprint density at radius 1 is 1.17 bits per heavy atom. The molecular formula is C17H15B2ClN2O. The number of halogens is 1. The monoisotopic (exact) mass is 320 g/mol. The second-order valence-electron chi connectivity index (χ2n) is 5.96. The van der Waals surface area contributed by atoms with Gasteiger partial charge in [0.25, 0.3) is 6.02 Å². The lowest BCUT2D eigenvalue weighted by atomic mass is 9.64. The molecule has 1 aliphatic heterocycles. The number of ether oxygens (including phenoxy) is 1. The zero-order chi connectivity index (χ0) is 16.7. The standard InChI is InChI=1S/C17H15B2ClN2O/c1-16(11-6-4-3-5-7-11)13-10-12(20)8-9-14(13)21-15(23-16)22-17(2,18)19/h3-10H,1-2H3,(H,21,22). The van der Waals surface area contributed by atoms with Gasteiger partial charge in [-0.1, -0.05) is 48.9 Å². The number of amidine groups is 1. The van der Waals surface area contributed by atoms with Crippen LogP contribution in [0.15, 0.2) is 53.5 Å². The fraction of sp³-hybridized carbons (Fsp3) is 0.235. The number of nitrogens with one attached hydrogen (secondary N) is 1. The van der Waals surface area contributed by atoms with Gasteiger partial charge in [0.2, 0.25) is 0 Å². The number of hydrogen-bond donors (Lipinski definition) is 1. The summed E-state index contributed by atoms with van der Waals surface area (Å²) < 4.78 is 6.14. The molecule has 23 heavy (non-hydrogen) atoms. The molecule has 2 aromatic rings. The highest BCUT2D eigenvalue weighted by Gasteiger charge is 2.39. The first kappa shape index (κ1) is 16.0. The smallest absolute Gasteiger partial charge is 0.289 e. The first-order valence-corrected chi connectivity index (χ1v) is 7.65. The molecule has 0 amide bonds. The lowest BCUT2D eigenvalue weighted by molar-refractivity contribution is 0.112. The minimum atomic E-state index is -1.23. The van der Waals surface area contributed by atoms with Crippen LogP contribution in [0.5, 0.6) is 0 Å². The van der Waals surface area contributed by atoms with Gasteiger partial charge in [-0.05, 0) is 36.0 Å². The van der Waals surface area contributed by atoms with Crippen LogP contribution in [0.3, 0.4) is 0 Å². The van der Waals surface area contributed by atoms with Crippen LogP contribution in [0.1, 0.15) is 25.0 Å². The van der Waals surface area contributed by atoms with Gasteiger partial charge in [0.1, 0.15) is 0 Å². The molecule has 6 heteroatoms. The number of benzene rings is 2. The van der Waals surface area contributed by atoms with Gasteiger partial charge in [-0.25, -0.2) is 4.99 Å². The van der Waals surface area contributed by atoms with Crippen LogP contribution in [0.2, 0.25) is 5.02 Å². The molecule has 0 saturated carbocycles. The van der Waals surface area contributed by atoms with Gasteiger partial charge in [0.15, 0.2) is 5.60 Å². The highest BCUT2D eigenvalue weighted by molar-refractivity contribution is 6.40. The van der Waals surface area contributed by atoms with Crippen LogP contribution >= 0.6 is 11.6 Å². The lowest BCUT2D eigenvalue weighted by Crippen LogP contribution is -2.40. The predicted molar refractivity (Wildman–Crippen MR) is 96.4 cm³/mol. The third kappa shape index (κ3) is 3.25. The van der Waals surface area contributed by atoms with Crippen molar-refractivity contribution in [3.63, 3.8) is 0 Å². The predicted octanol–water partition coefficient (Wildman–Crippen LogP) is 3.41. The Labute approximate surface area is 143 Å². The van der Waals surface area contributed by atoms with Crippen LogP contribution in [0.4, 0.5) is 5.69 Å². The van der Waals surface area contributed by atoms with Crippen LogP contribution in [0.25, 0.3) is 0 Å². The van der Waals surface area contributed by atoms with Gasteiger partial charge in [0.05, 0.1) is 15.7 Å². The van der Waals surface area contributed by atoms with E-state index in [1.807, 2.05) is 55.5 Å². The van der Waals surface area contributed by atoms with Crippen molar-refractivity contribution in [2.45, 2.75) is 24.8 Å². The summed E-state index contributed by atoms with van der Waals surface area (Å²) in [6.45, 7) is 3.57. The molecule has 0 fully saturated rings. The van der Waals surface area contributed by atoms with Gasteiger partial charge < -0.3 is 10.1 Å². The van der Waals surface area contributed by atoms with E-state index < -0.39 is 10.9 Å². The van der Waals surface area contributed by atoms with E-state index >= 15 is 0 Å². The van der Waals surface area contributed by atoms with Gasteiger partial charge in [-0.15, -0.1) is 0 Å². The molecule has 1 atom stereocenters. The Hall–Kier alpha value is -1.87. The summed E-state index contributed by atoms with van der Waals surface area (Å²) in [6, 6.07) is 15.7. The normalized spacial score (nSPS) is 22.1. The topological polar surface area (TPSA) is 33.6 Å². The summed E-state index contributed by atoms with van der Waals surface area (Å²) in [5.74, 6) is 0. The fourth-order valence-corrected chi connectivity index (χ4v) is 2.82. The number of aliphatic imine (C=N–C) groups is 1. The molecule has 0 saturated heterocycles. The van der Waals surface area contributed by atoms with Crippen LogP contribution in [-0.2, 0) is 10.3 Å². The summed E-state index contributed by atoms with van der Waals surface area (Å²) in [5, 5.41) is 2.52. The Kier molecular flexibility index (Phi) is 3.93. The molecule has 1 N–H and O–H groups in total. The Balaban J connectivity index is 2.18. The van der Waals surface area contributed by atoms with E-state index in [0.29, 0.717) is 5.02 Å². The molecule has 0 aliphatic carbocycles. The second kappa shape index (κ2) is 5.64. The van der Waals surface area contributed by atoms with Crippen molar-refractivity contribution in [1.82, 2.24) is 0 Å². The molecule has 0 bridgehead atoms. The third-order valence-corrected chi connectivity index (χ3v) is 3.94. The van der Waals surface area contributed by atoms with Crippen molar-refractivity contribution >= 4 is 39.0 Å². The maximum absolute atomic E-state index is 6.18. The molecule has 2 aromatic carbocycles. The maximum atomic E-state index is 6.18. The van der Waals surface area contributed by atoms with Gasteiger partial charge in [-0.3, -0.25) is 0 Å². The summed E-state index contributed by atoms with van der Waals surface area (Å²) in [4.78, 5) is 4.22. The van der Waals surface area contributed by atoms with Crippen LogP contribution in [0, 0.1) is 0 Å². The van der Waals surface area contributed by atoms with Gasteiger partial charge in [0, 0.05) is 16.3 Å². The molecule has 1 heterocycles. The summed E-state index contributed by atoms with van der Waals surface area (Å²) in [7, 11) is 11.6. The Bertz CT molecular complexity index is 759. The van der Waals surface area contributed by atoms with Crippen molar-refractivity contribution in [2.75, 3.05) is 5.32 Å². The van der Waals surface area contributed by atoms with Gasteiger partial charge in [-0.2, -0.15) is 0 Å². The molecule has 0 aromatic heterocycles. The largest absolute Gasteiger partial charge is 0.449 e. The zero-order valence-corrected chi connectivity index (χ0v) is 13.8. The SMILES string of the molecule is [B]C([B])(C)N=C1Nc2ccc(Cl)cc2C(C)(c2ccccc2)O1. The van der Waals surface area contributed by atoms with Crippen molar-refractivity contribution < 1.29 is 4.74 Å². The minimum Gasteiger partial charge on any atom is -0.449 e. The van der Waals surface area contributed by atoms with Crippen molar-refractivity contribution in [2.24, 2.45) is 4.99 Å². The van der Waals surface area contributed by atoms with Crippen molar-refractivity contribution in [3.8, 4) is 0 Å². The molecule has 112 valence electrons. The van der Waals surface area contributed by atoms with E-state index in [0.717, 1.165) is 16.8 Å².